The molecule has 2 rings (SSSR count). The van der Waals surface area contributed by atoms with Crippen molar-refractivity contribution in [3.63, 3.8) is 0 Å². The minimum Gasteiger partial charge on any atom is -0.357 e. The van der Waals surface area contributed by atoms with Gasteiger partial charge in [0.25, 0.3) is 0 Å². The van der Waals surface area contributed by atoms with Crippen LogP contribution in [0.4, 0.5) is 4.39 Å². The second-order valence-corrected chi connectivity index (χ2v) is 8.54. The first kappa shape index (κ1) is 26.4. The van der Waals surface area contributed by atoms with Crippen molar-refractivity contribution in [3.05, 3.63) is 34.6 Å². The normalized spacial score (nSPS) is 16.8. The number of benzene rings is 1. The molecule has 0 unspecified atom stereocenters. The van der Waals surface area contributed by atoms with Crippen molar-refractivity contribution in [2.45, 2.75) is 32.6 Å². The number of hydrogen-bond donors (Lipinski definition) is 2. The van der Waals surface area contributed by atoms with Crippen LogP contribution in [0.5, 0.6) is 0 Å². The SMILES string of the molecule is CCNC(=NCC(C)(C)c1ccc(F)cc1Cl)NCCN1CCCN(C)CC1.I. The first-order valence-corrected chi connectivity index (χ1v) is 10.6. The minimum absolute atomic E-state index is 0. The van der Waals surface area contributed by atoms with Gasteiger partial charge in [-0.05, 0) is 51.2 Å². The van der Waals surface area contributed by atoms with E-state index in [1.54, 1.807) is 6.07 Å². The maximum absolute atomic E-state index is 13.4. The van der Waals surface area contributed by atoms with Crippen LogP contribution in [0.25, 0.3) is 0 Å². The molecule has 1 aliphatic rings. The Morgan fingerprint density at radius 1 is 1.21 bits per heavy atom. The summed E-state index contributed by atoms with van der Waals surface area (Å²) in [6.45, 7) is 14.0. The Bertz CT molecular complexity index is 656. The Hall–Kier alpha value is -0.640. The summed E-state index contributed by atoms with van der Waals surface area (Å²) in [6.07, 6.45) is 1.22. The Morgan fingerprint density at radius 3 is 2.66 bits per heavy atom. The van der Waals surface area contributed by atoms with E-state index in [4.69, 9.17) is 16.6 Å². The van der Waals surface area contributed by atoms with Gasteiger partial charge in [0.2, 0.25) is 0 Å². The van der Waals surface area contributed by atoms with Crippen LogP contribution in [0.15, 0.2) is 23.2 Å². The van der Waals surface area contributed by atoms with Gasteiger partial charge in [0.05, 0.1) is 6.54 Å². The van der Waals surface area contributed by atoms with E-state index in [9.17, 15) is 4.39 Å². The van der Waals surface area contributed by atoms with Gasteiger partial charge in [-0.1, -0.05) is 31.5 Å². The van der Waals surface area contributed by atoms with Crippen LogP contribution in [0.2, 0.25) is 5.02 Å². The highest BCUT2D eigenvalue weighted by atomic mass is 127. The van der Waals surface area contributed by atoms with Crippen LogP contribution in [0.1, 0.15) is 32.8 Å². The molecule has 1 aromatic carbocycles. The predicted octanol–water partition coefficient (Wildman–Crippen LogP) is 3.57. The van der Waals surface area contributed by atoms with Crippen LogP contribution in [0, 0.1) is 5.82 Å². The van der Waals surface area contributed by atoms with E-state index >= 15 is 0 Å². The number of nitrogens with zero attached hydrogens (tertiary/aromatic N) is 3. The fourth-order valence-electron chi connectivity index (χ4n) is 3.40. The van der Waals surface area contributed by atoms with Gasteiger partial charge in [0, 0.05) is 43.2 Å². The lowest BCUT2D eigenvalue weighted by Gasteiger charge is -2.25. The van der Waals surface area contributed by atoms with Crippen molar-refractivity contribution in [2.24, 2.45) is 4.99 Å². The zero-order chi connectivity index (χ0) is 20.6. The number of likely N-dealkylation sites (N-methyl/N-ethyl adjacent to an activating group) is 1. The van der Waals surface area contributed by atoms with Crippen LogP contribution >= 0.6 is 35.6 Å². The molecule has 0 bridgehead atoms. The van der Waals surface area contributed by atoms with Gasteiger partial charge in [0.1, 0.15) is 5.82 Å². The third kappa shape index (κ3) is 8.94. The molecule has 1 heterocycles. The number of aliphatic imine (C=N–C) groups is 1. The summed E-state index contributed by atoms with van der Waals surface area (Å²) < 4.78 is 13.4. The van der Waals surface area contributed by atoms with Crippen molar-refractivity contribution >= 4 is 41.5 Å². The van der Waals surface area contributed by atoms with Gasteiger partial charge in [-0.15, -0.1) is 24.0 Å². The van der Waals surface area contributed by atoms with E-state index in [-0.39, 0.29) is 35.2 Å². The highest BCUT2D eigenvalue weighted by Gasteiger charge is 2.23. The van der Waals surface area contributed by atoms with E-state index < -0.39 is 0 Å². The van der Waals surface area contributed by atoms with Gasteiger partial charge in [-0.25, -0.2) is 4.39 Å². The first-order chi connectivity index (χ1) is 13.3. The van der Waals surface area contributed by atoms with E-state index in [1.807, 2.05) is 0 Å². The number of guanidine groups is 1. The number of halogens is 3. The zero-order valence-corrected chi connectivity index (χ0v) is 21.2. The molecule has 166 valence electrons. The molecule has 0 amide bonds. The fraction of sp³-hybridized carbons (Fsp3) is 0.667. The smallest absolute Gasteiger partial charge is 0.191 e. The van der Waals surface area contributed by atoms with Gasteiger partial charge < -0.3 is 20.4 Å². The Labute approximate surface area is 197 Å². The maximum atomic E-state index is 13.4. The van der Waals surface area contributed by atoms with Crippen LogP contribution in [0.3, 0.4) is 0 Å². The second kappa shape index (κ2) is 12.9. The molecule has 0 radical (unpaired) electrons. The molecule has 29 heavy (non-hydrogen) atoms. The molecule has 8 heteroatoms. The van der Waals surface area contributed by atoms with Crippen LogP contribution in [-0.4, -0.2) is 75.2 Å². The average Bonchev–Trinajstić information content (AvgIpc) is 2.84. The molecule has 2 N–H and O–H groups in total. The maximum Gasteiger partial charge on any atom is 0.191 e. The lowest BCUT2D eigenvalue weighted by molar-refractivity contribution is 0.280. The largest absolute Gasteiger partial charge is 0.357 e. The third-order valence-electron chi connectivity index (χ3n) is 5.17. The highest BCUT2D eigenvalue weighted by Crippen LogP contribution is 2.30. The summed E-state index contributed by atoms with van der Waals surface area (Å²) in [7, 11) is 2.19. The fourth-order valence-corrected chi connectivity index (χ4v) is 3.82. The van der Waals surface area contributed by atoms with Crippen molar-refractivity contribution < 1.29 is 4.39 Å². The van der Waals surface area contributed by atoms with Crippen molar-refractivity contribution in [3.8, 4) is 0 Å². The van der Waals surface area contributed by atoms with E-state index in [2.05, 4.69) is 48.3 Å². The lowest BCUT2D eigenvalue weighted by atomic mass is 9.84. The molecule has 1 saturated heterocycles. The summed E-state index contributed by atoms with van der Waals surface area (Å²) in [4.78, 5) is 9.65. The molecular formula is C21H36ClFIN5. The van der Waals surface area contributed by atoms with Gasteiger partial charge in [0.15, 0.2) is 5.96 Å². The predicted molar refractivity (Wildman–Crippen MR) is 132 cm³/mol. The second-order valence-electron chi connectivity index (χ2n) is 8.13. The summed E-state index contributed by atoms with van der Waals surface area (Å²) in [5.41, 5.74) is 0.617. The van der Waals surface area contributed by atoms with Gasteiger partial charge >= 0.3 is 0 Å². The van der Waals surface area contributed by atoms with Crippen molar-refractivity contribution in [2.75, 3.05) is 59.4 Å². The number of rotatable bonds is 7. The van der Waals surface area contributed by atoms with E-state index in [0.29, 0.717) is 11.6 Å². The minimum atomic E-state index is -0.317. The Morgan fingerprint density at radius 2 is 1.97 bits per heavy atom. The molecule has 5 nitrogen and oxygen atoms in total. The molecule has 1 aliphatic heterocycles. The molecule has 1 fully saturated rings. The summed E-state index contributed by atoms with van der Waals surface area (Å²) in [5.74, 6) is 0.489. The topological polar surface area (TPSA) is 42.9 Å². The quantitative estimate of drug-likeness (QED) is 0.316. The lowest BCUT2D eigenvalue weighted by Crippen LogP contribution is -2.43. The monoisotopic (exact) mass is 539 g/mol. The molecule has 0 saturated carbocycles. The number of hydrogen-bond acceptors (Lipinski definition) is 3. The van der Waals surface area contributed by atoms with E-state index in [1.165, 1.54) is 25.1 Å². The summed E-state index contributed by atoms with van der Waals surface area (Å²) >= 11 is 6.26. The highest BCUT2D eigenvalue weighted by molar-refractivity contribution is 14.0. The average molecular weight is 540 g/mol. The molecular weight excluding hydrogens is 504 g/mol. The first-order valence-electron chi connectivity index (χ1n) is 10.2. The van der Waals surface area contributed by atoms with Crippen molar-refractivity contribution in [1.82, 2.24) is 20.4 Å². The third-order valence-corrected chi connectivity index (χ3v) is 5.48. The molecule has 0 atom stereocenters. The Kier molecular flexibility index (Phi) is 11.8. The summed E-state index contributed by atoms with van der Waals surface area (Å²) in [6, 6.07) is 4.57. The number of nitrogens with one attached hydrogen (secondary N) is 2. The van der Waals surface area contributed by atoms with Gasteiger partial charge in [-0.2, -0.15) is 0 Å². The molecule has 0 aromatic heterocycles. The molecule has 0 spiro atoms. The van der Waals surface area contributed by atoms with Crippen molar-refractivity contribution in [1.29, 1.82) is 0 Å². The van der Waals surface area contributed by atoms with Crippen LogP contribution < -0.4 is 10.6 Å². The standard InChI is InChI=1S/C21H35ClFN5.HI/c1-5-24-20(25-9-12-28-11-6-10-27(4)13-14-28)26-16-21(2,3)18-8-7-17(23)15-19(18)22;/h7-8,15H,5-6,9-14,16H2,1-4H3,(H2,24,25,26);1H. The Balaban J connectivity index is 0.00000420. The zero-order valence-electron chi connectivity index (χ0n) is 18.1. The van der Waals surface area contributed by atoms with E-state index in [0.717, 1.165) is 50.8 Å². The van der Waals surface area contributed by atoms with Crippen LogP contribution in [-0.2, 0) is 5.41 Å². The summed E-state index contributed by atoms with van der Waals surface area (Å²) in [5, 5.41) is 7.19. The molecule has 1 aromatic rings. The van der Waals surface area contributed by atoms with Gasteiger partial charge in [-0.3, -0.25) is 4.99 Å². The molecule has 0 aliphatic carbocycles.